The minimum atomic E-state index is -0.366. The van der Waals surface area contributed by atoms with E-state index in [0.29, 0.717) is 0 Å². The molecule has 0 aliphatic carbocycles. The predicted molar refractivity (Wildman–Crippen MR) is 47.8 cm³/mol. The van der Waals surface area contributed by atoms with Crippen LogP contribution in [0.15, 0.2) is 0 Å². The molecule has 11 heavy (non-hydrogen) atoms. The Labute approximate surface area is 73.5 Å². The van der Waals surface area contributed by atoms with Crippen molar-refractivity contribution in [1.29, 1.82) is 0 Å². The fraction of sp³-hybridized carbons (Fsp3) is 0.875. The predicted octanol–water partition coefficient (Wildman–Crippen LogP) is 1.73. The van der Waals surface area contributed by atoms with Gasteiger partial charge in [0.15, 0.2) is 0 Å². The molecule has 0 bridgehead atoms. The average Bonchev–Trinajstić information content (AvgIpc) is 2.00. The van der Waals surface area contributed by atoms with Gasteiger partial charge in [0, 0.05) is 14.1 Å². The van der Waals surface area contributed by atoms with Crippen LogP contribution < -0.4 is 0 Å². The Kier molecular flexibility index (Phi) is 4.50. The molecule has 2 nitrogen and oxygen atoms in total. The summed E-state index contributed by atoms with van der Waals surface area (Å²) in [4.78, 5) is 12.8. The molecule has 0 aliphatic heterocycles. The lowest BCUT2D eigenvalue weighted by Crippen LogP contribution is -2.33. The normalized spacial score (nSPS) is 15.7. The lowest BCUT2D eigenvalue weighted by Gasteiger charge is -2.19. The van der Waals surface area contributed by atoms with E-state index in [1.165, 1.54) is 4.90 Å². The van der Waals surface area contributed by atoms with Crippen LogP contribution in [0, 0.1) is 5.92 Å². The van der Waals surface area contributed by atoms with Crippen LogP contribution in [0.3, 0.4) is 0 Å². The number of hydrogen-bond acceptors (Lipinski definition) is 1. The lowest BCUT2D eigenvalue weighted by atomic mass is 10.0. The maximum absolute atomic E-state index is 11.2. The summed E-state index contributed by atoms with van der Waals surface area (Å²) in [6, 6.07) is 0. The zero-order valence-electron chi connectivity index (χ0n) is 7.60. The van der Waals surface area contributed by atoms with Crippen molar-refractivity contribution < 1.29 is 4.79 Å². The van der Waals surface area contributed by atoms with Crippen molar-refractivity contribution >= 4 is 17.5 Å². The molecule has 2 atom stereocenters. The summed E-state index contributed by atoms with van der Waals surface area (Å²) in [5.74, 6) is 0.257. The van der Waals surface area contributed by atoms with Gasteiger partial charge in [0.25, 0.3) is 0 Å². The maximum Gasteiger partial charge on any atom is 0.240 e. The molecule has 0 spiro atoms. The molecule has 0 aromatic rings. The summed E-state index contributed by atoms with van der Waals surface area (Å²) >= 11 is 5.89. The van der Waals surface area contributed by atoms with E-state index in [1.807, 2.05) is 13.8 Å². The number of hydrogen-bond donors (Lipinski definition) is 0. The number of carbonyl (C=O) groups excluding carboxylic acids is 1. The van der Waals surface area contributed by atoms with Gasteiger partial charge in [0.2, 0.25) is 5.91 Å². The summed E-state index contributed by atoms with van der Waals surface area (Å²) in [5, 5.41) is -0.366. The second-order valence-electron chi connectivity index (χ2n) is 3.02. The third-order valence-corrected chi connectivity index (χ3v) is 2.44. The molecule has 0 saturated carbocycles. The van der Waals surface area contributed by atoms with E-state index < -0.39 is 0 Å². The minimum Gasteiger partial charge on any atom is -0.348 e. The highest BCUT2D eigenvalue weighted by Gasteiger charge is 2.22. The number of carbonyl (C=O) groups is 1. The van der Waals surface area contributed by atoms with Gasteiger partial charge in [-0.2, -0.15) is 0 Å². The molecule has 3 heteroatoms. The van der Waals surface area contributed by atoms with Crippen LogP contribution in [0.25, 0.3) is 0 Å². The molecule has 0 aliphatic rings. The van der Waals surface area contributed by atoms with Gasteiger partial charge < -0.3 is 4.90 Å². The summed E-state index contributed by atoms with van der Waals surface area (Å²) < 4.78 is 0. The van der Waals surface area contributed by atoms with Crippen LogP contribution in [0.5, 0.6) is 0 Å². The third kappa shape index (κ3) is 3.10. The minimum absolute atomic E-state index is 0.000941. The fourth-order valence-corrected chi connectivity index (χ4v) is 1.07. The van der Waals surface area contributed by atoms with E-state index in [0.717, 1.165) is 6.42 Å². The van der Waals surface area contributed by atoms with Crippen LogP contribution in [0.4, 0.5) is 0 Å². The number of amides is 1. The van der Waals surface area contributed by atoms with Crippen LogP contribution in [0.1, 0.15) is 20.3 Å². The highest BCUT2D eigenvalue weighted by molar-refractivity contribution is 6.30. The Hall–Kier alpha value is -0.240. The summed E-state index contributed by atoms with van der Waals surface area (Å²) in [7, 11) is 3.44. The van der Waals surface area contributed by atoms with Crippen LogP contribution in [-0.4, -0.2) is 30.3 Å². The molecule has 0 aromatic carbocycles. The van der Waals surface area contributed by atoms with Crippen molar-refractivity contribution in [2.45, 2.75) is 25.6 Å². The van der Waals surface area contributed by atoms with Crippen LogP contribution in [-0.2, 0) is 4.79 Å². The molecule has 0 aromatic heterocycles. The summed E-state index contributed by atoms with van der Waals surface area (Å²) in [6.45, 7) is 4.02. The van der Waals surface area contributed by atoms with E-state index >= 15 is 0 Å². The number of rotatable bonds is 3. The van der Waals surface area contributed by atoms with Gasteiger partial charge >= 0.3 is 0 Å². The molecule has 2 unspecified atom stereocenters. The van der Waals surface area contributed by atoms with Gasteiger partial charge in [0.1, 0.15) is 5.38 Å². The standard InChI is InChI=1S/C8H16ClNO/c1-5-6(2)7(9)8(11)10(3)4/h6-7H,5H2,1-4H3. The molecule has 0 fully saturated rings. The zero-order chi connectivity index (χ0) is 9.02. The van der Waals surface area contributed by atoms with Gasteiger partial charge in [-0.25, -0.2) is 0 Å². The molecule has 0 saturated heterocycles. The monoisotopic (exact) mass is 177 g/mol. The topological polar surface area (TPSA) is 20.3 Å². The third-order valence-electron chi connectivity index (χ3n) is 1.82. The van der Waals surface area contributed by atoms with E-state index in [1.54, 1.807) is 14.1 Å². The van der Waals surface area contributed by atoms with Gasteiger partial charge in [-0.15, -0.1) is 11.6 Å². The SMILES string of the molecule is CCC(C)C(Cl)C(=O)N(C)C. The molecule has 66 valence electrons. The van der Waals surface area contributed by atoms with Gasteiger partial charge in [0.05, 0.1) is 0 Å². The van der Waals surface area contributed by atoms with Gasteiger partial charge in [-0.3, -0.25) is 4.79 Å². The number of halogens is 1. The van der Waals surface area contributed by atoms with E-state index in [-0.39, 0.29) is 17.2 Å². The molecule has 0 rings (SSSR count). The van der Waals surface area contributed by atoms with Crippen LogP contribution >= 0.6 is 11.6 Å². The first-order valence-electron chi connectivity index (χ1n) is 3.86. The summed E-state index contributed by atoms with van der Waals surface area (Å²) in [5.41, 5.74) is 0. The molecule has 0 heterocycles. The second-order valence-corrected chi connectivity index (χ2v) is 3.49. The largest absolute Gasteiger partial charge is 0.348 e. The Morgan fingerprint density at radius 2 is 2.00 bits per heavy atom. The highest BCUT2D eigenvalue weighted by Crippen LogP contribution is 2.15. The maximum atomic E-state index is 11.2. The van der Waals surface area contributed by atoms with Crippen molar-refractivity contribution in [2.75, 3.05) is 14.1 Å². The Bertz CT molecular complexity index is 136. The van der Waals surface area contributed by atoms with Crippen molar-refractivity contribution in [3.8, 4) is 0 Å². The first-order valence-corrected chi connectivity index (χ1v) is 4.29. The smallest absolute Gasteiger partial charge is 0.240 e. The number of nitrogens with zero attached hydrogens (tertiary/aromatic N) is 1. The zero-order valence-corrected chi connectivity index (χ0v) is 8.35. The molecule has 1 amide bonds. The lowest BCUT2D eigenvalue weighted by molar-refractivity contribution is -0.129. The average molecular weight is 178 g/mol. The van der Waals surface area contributed by atoms with Crippen molar-refractivity contribution in [2.24, 2.45) is 5.92 Å². The first-order chi connectivity index (χ1) is 5.00. The Morgan fingerprint density at radius 1 is 1.55 bits per heavy atom. The van der Waals surface area contributed by atoms with Crippen molar-refractivity contribution in [3.63, 3.8) is 0 Å². The van der Waals surface area contributed by atoms with Crippen LogP contribution in [0.2, 0.25) is 0 Å². The van der Waals surface area contributed by atoms with Crippen molar-refractivity contribution in [1.82, 2.24) is 4.90 Å². The molecule has 0 radical (unpaired) electrons. The van der Waals surface area contributed by atoms with Gasteiger partial charge in [-0.1, -0.05) is 20.3 Å². The van der Waals surface area contributed by atoms with E-state index in [2.05, 4.69) is 0 Å². The summed E-state index contributed by atoms with van der Waals surface area (Å²) in [6.07, 6.45) is 0.938. The second kappa shape index (κ2) is 4.60. The highest BCUT2D eigenvalue weighted by atomic mass is 35.5. The fourth-order valence-electron chi connectivity index (χ4n) is 0.697. The van der Waals surface area contributed by atoms with E-state index in [4.69, 9.17) is 11.6 Å². The molecular formula is C8H16ClNO. The quantitative estimate of drug-likeness (QED) is 0.602. The van der Waals surface area contributed by atoms with Crippen molar-refractivity contribution in [3.05, 3.63) is 0 Å². The Morgan fingerprint density at radius 3 is 2.27 bits per heavy atom. The molecular weight excluding hydrogens is 162 g/mol. The number of alkyl halides is 1. The Balaban J connectivity index is 4.02. The van der Waals surface area contributed by atoms with E-state index in [9.17, 15) is 4.79 Å². The first kappa shape index (κ1) is 10.8. The van der Waals surface area contributed by atoms with Gasteiger partial charge in [-0.05, 0) is 5.92 Å². The molecule has 0 N–H and O–H groups in total.